The van der Waals surface area contributed by atoms with Crippen LogP contribution in [0.15, 0.2) is 65.2 Å². The van der Waals surface area contributed by atoms with E-state index in [0.717, 1.165) is 10.0 Å². The van der Waals surface area contributed by atoms with Crippen LogP contribution in [-0.4, -0.2) is 33.3 Å². The lowest BCUT2D eigenvalue weighted by molar-refractivity contribution is -0.384. The molecular formula is C21H16BrN3O5S. The average Bonchev–Trinajstić information content (AvgIpc) is 2.73. The van der Waals surface area contributed by atoms with Crippen LogP contribution in [0.3, 0.4) is 0 Å². The van der Waals surface area contributed by atoms with Crippen LogP contribution >= 0.6 is 28.1 Å². The van der Waals surface area contributed by atoms with Crippen LogP contribution in [-0.2, 0) is 16.2 Å². The molecule has 1 N–H and O–H groups in total. The van der Waals surface area contributed by atoms with Crippen LogP contribution in [0.1, 0.15) is 11.1 Å². The second kappa shape index (κ2) is 9.63. The molecule has 2 aromatic carbocycles. The summed E-state index contributed by atoms with van der Waals surface area (Å²) in [5.41, 5.74) is 1.12. The molecule has 0 radical (unpaired) electrons. The number of nitrogens with zero attached hydrogens (tertiary/aromatic N) is 2. The molecule has 8 nitrogen and oxygen atoms in total. The van der Waals surface area contributed by atoms with Gasteiger partial charge in [0.15, 0.2) is 5.11 Å². The third-order valence-corrected chi connectivity index (χ3v) is 5.13. The fraction of sp³-hybridized carbons (Fsp3) is 0.0952. The number of benzene rings is 2. The van der Waals surface area contributed by atoms with Crippen molar-refractivity contribution in [1.82, 2.24) is 10.2 Å². The first-order chi connectivity index (χ1) is 14.8. The summed E-state index contributed by atoms with van der Waals surface area (Å²) in [6, 6.07) is 11.1. The van der Waals surface area contributed by atoms with E-state index < -0.39 is 16.7 Å². The van der Waals surface area contributed by atoms with Gasteiger partial charge in [-0.25, -0.2) is 0 Å². The molecule has 0 unspecified atom stereocenters. The minimum absolute atomic E-state index is 0.0124. The second-order valence-corrected chi connectivity index (χ2v) is 7.72. The number of amides is 2. The lowest BCUT2D eigenvalue weighted by Crippen LogP contribution is -2.53. The van der Waals surface area contributed by atoms with Crippen molar-refractivity contribution in [2.75, 3.05) is 6.54 Å². The van der Waals surface area contributed by atoms with Crippen LogP contribution in [0, 0.1) is 10.1 Å². The highest BCUT2D eigenvalue weighted by atomic mass is 79.9. The van der Waals surface area contributed by atoms with Gasteiger partial charge >= 0.3 is 0 Å². The summed E-state index contributed by atoms with van der Waals surface area (Å²) >= 11 is 8.43. The molecule has 2 amide bonds. The topological polar surface area (TPSA) is 102 Å². The summed E-state index contributed by atoms with van der Waals surface area (Å²) in [7, 11) is 0. The summed E-state index contributed by atoms with van der Waals surface area (Å²) in [5, 5.41) is 13.3. The number of halogens is 1. The first-order valence-electron chi connectivity index (χ1n) is 8.95. The van der Waals surface area contributed by atoms with E-state index in [-0.39, 0.29) is 29.5 Å². The van der Waals surface area contributed by atoms with Gasteiger partial charge in [0.25, 0.3) is 17.5 Å². The number of rotatable bonds is 7. The van der Waals surface area contributed by atoms with Crippen molar-refractivity contribution in [2.24, 2.45) is 0 Å². The van der Waals surface area contributed by atoms with Gasteiger partial charge in [-0.2, -0.15) is 0 Å². The Morgan fingerprint density at radius 3 is 2.58 bits per heavy atom. The molecule has 1 fully saturated rings. The second-order valence-electron chi connectivity index (χ2n) is 6.42. The highest BCUT2D eigenvalue weighted by Crippen LogP contribution is 2.28. The molecule has 1 saturated heterocycles. The standard InChI is InChI=1S/C21H16BrN3O5S/c1-2-9-24-20(27)17(19(26)23-21(24)31)11-14-10-15(22)5-8-18(14)30-12-13-3-6-16(7-4-13)25(28)29/h2-8,10-11H,1,9,12H2,(H,23,26,31)/b17-11+. The SMILES string of the molecule is C=CCN1C(=O)/C(=C/c2cc(Br)ccc2OCc2ccc([N+](=O)[O-])cc2)C(=O)NC1=S. The number of carbonyl (C=O) groups excluding carboxylic acids is 2. The smallest absolute Gasteiger partial charge is 0.269 e. The molecule has 2 aromatic rings. The zero-order chi connectivity index (χ0) is 22.5. The van der Waals surface area contributed by atoms with E-state index in [9.17, 15) is 19.7 Å². The number of carbonyl (C=O) groups is 2. The summed E-state index contributed by atoms with van der Waals surface area (Å²) in [6.07, 6.45) is 2.95. The molecule has 31 heavy (non-hydrogen) atoms. The third-order valence-electron chi connectivity index (χ3n) is 4.31. The quantitative estimate of drug-likeness (QED) is 0.155. The normalized spacial score (nSPS) is 15.1. The van der Waals surface area contributed by atoms with E-state index >= 15 is 0 Å². The van der Waals surface area contributed by atoms with Gasteiger partial charge in [-0.05, 0) is 54.2 Å². The van der Waals surface area contributed by atoms with Crippen LogP contribution in [0.4, 0.5) is 5.69 Å². The van der Waals surface area contributed by atoms with E-state index in [1.54, 1.807) is 30.3 Å². The fourth-order valence-corrected chi connectivity index (χ4v) is 3.41. The summed E-state index contributed by atoms with van der Waals surface area (Å²) in [4.78, 5) is 36.7. The molecule has 3 rings (SSSR count). The zero-order valence-corrected chi connectivity index (χ0v) is 18.4. The third kappa shape index (κ3) is 5.22. The first kappa shape index (κ1) is 22.3. The molecule has 10 heteroatoms. The molecule has 0 spiro atoms. The molecule has 0 aliphatic carbocycles. The number of nitro benzene ring substituents is 1. The van der Waals surface area contributed by atoms with E-state index in [1.807, 2.05) is 0 Å². The summed E-state index contributed by atoms with van der Waals surface area (Å²) in [5.74, 6) is -0.704. The van der Waals surface area contributed by atoms with Crippen LogP contribution in [0.2, 0.25) is 0 Å². The number of thiocarbonyl (C=S) groups is 1. The van der Waals surface area contributed by atoms with Gasteiger partial charge < -0.3 is 4.74 Å². The van der Waals surface area contributed by atoms with E-state index in [1.165, 1.54) is 29.2 Å². The molecule has 158 valence electrons. The van der Waals surface area contributed by atoms with Crippen molar-refractivity contribution < 1.29 is 19.2 Å². The molecule has 1 aliphatic heterocycles. The predicted octanol–water partition coefficient (Wildman–Crippen LogP) is 3.75. The Labute approximate surface area is 191 Å². The molecule has 0 aromatic heterocycles. The molecule has 1 aliphatic rings. The van der Waals surface area contributed by atoms with Crippen molar-refractivity contribution in [3.05, 3.63) is 86.4 Å². The van der Waals surface area contributed by atoms with Crippen molar-refractivity contribution in [2.45, 2.75) is 6.61 Å². The van der Waals surface area contributed by atoms with E-state index in [2.05, 4.69) is 27.8 Å². The van der Waals surface area contributed by atoms with Crippen LogP contribution in [0.25, 0.3) is 6.08 Å². The number of hydrogen-bond acceptors (Lipinski definition) is 6. The van der Waals surface area contributed by atoms with E-state index in [4.69, 9.17) is 17.0 Å². The maximum atomic E-state index is 12.8. The Morgan fingerprint density at radius 1 is 1.23 bits per heavy atom. The van der Waals surface area contributed by atoms with Crippen molar-refractivity contribution >= 4 is 56.8 Å². The maximum Gasteiger partial charge on any atom is 0.269 e. The van der Waals surface area contributed by atoms with Crippen LogP contribution in [0.5, 0.6) is 5.75 Å². The highest BCUT2D eigenvalue weighted by Gasteiger charge is 2.32. The largest absolute Gasteiger partial charge is 0.488 e. The van der Waals surface area contributed by atoms with Gasteiger partial charge in [0.2, 0.25) is 0 Å². The Balaban J connectivity index is 1.87. The van der Waals surface area contributed by atoms with Crippen molar-refractivity contribution in [3.63, 3.8) is 0 Å². The van der Waals surface area contributed by atoms with Gasteiger partial charge in [0.05, 0.1) is 4.92 Å². The number of hydrogen-bond donors (Lipinski definition) is 1. The number of ether oxygens (including phenoxy) is 1. The Kier molecular flexibility index (Phi) is 6.93. The minimum atomic E-state index is -0.600. The highest BCUT2D eigenvalue weighted by molar-refractivity contribution is 9.10. The van der Waals surface area contributed by atoms with Gasteiger partial charge in [0.1, 0.15) is 17.9 Å². The van der Waals surface area contributed by atoms with Gasteiger partial charge in [-0.1, -0.05) is 22.0 Å². The molecular weight excluding hydrogens is 486 g/mol. The lowest BCUT2D eigenvalue weighted by Gasteiger charge is -2.27. The predicted molar refractivity (Wildman–Crippen MR) is 122 cm³/mol. The summed E-state index contributed by atoms with van der Waals surface area (Å²) in [6.45, 7) is 3.90. The minimum Gasteiger partial charge on any atom is -0.488 e. The molecule has 1 heterocycles. The number of nitro groups is 1. The number of nitrogens with one attached hydrogen (secondary N) is 1. The average molecular weight is 502 g/mol. The molecule has 0 atom stereocenters. The summed E-state index contributed by atoms with van der Waals surface area (Å²) < 4.78 is 6.58. The molecule has 0 saturated carbocycles. The van der Waals surface area contributed by atoms with Crippen LogP contribution < -0.4 is 10.1 Å². The van der Waals surface area contributed by atoms with Gasteiger partial charge in [-0.3, -0.25) is 29.9 Å². The number of non-ortho nitro benzene ring substituents is 1. The fourth-order valence-electron chi connectivity index (χ4n) is 2.78. The van der Waals surface area contributed by atoms with E-state index in [0.29, 0.717) is 11.3 Å². The Hall–Kier alpha value is -3.37. The van der Waals surface area contributed by atoms with Crippen molar-refractivity contribution in [3.8, 4) is 5.75 Å². The first-order valence-corrected chi connectivity index (χ1v) is 10.2. The maximum absolute atomic E-state index is 12.8. The lowest BCUT2D eigenvalue weighted by atomic mass is 10.1. The zero-order valence-electron chi connectivity index (χ0n) is 16.0. The molecule has 0 bridgehead atoms. The Morgan fingerprint density at radius 2 is 1.94 bits per heavy atom. The van der Waals surface area contributed by atoms with Gasteiger partial charge in [0, 0.05) is 28.7 Å². The van der Waals surface area contributed by atoms with Gasteiger partial charge in [-0.15, -0.1) is 6.58 Å². The Bertz CT molecular complexity index is 1110. The van der Waals surface area contributed by atoms with Crippen molar-refractivity contribution in [1.29, 1.82) is 0 Å². The monoisotopic (exact) mass is 501 g/mol.